The molecule has 2 aromatic rings. The zero-order valence-electron chi connectivity index (χ0n) is 15.7. The van der Waals surface area contributed by atoms with Gasteiger partial charge in [0.15, 0.2) is 0 Å². The van der Waals surface area contributed by atoms with Gasteiger partial charge in [-0.1, -0.05) is 50.8 Å². The van der Waals surface area contributed by atoms with E-state index in [1.165, 1.54) is 29.9 Å². The normalized spacial score (nSPS) is 16.0. The Kier molecular flexibility index (Phi) is 6.21. The van der Waals surface area contributed by atoms with Crippen LogP contribution in [0.1, 0.15) is 57.6 Å². The van der Waals surface area contributed by atoms with Crippen LogP contribution in [0, 0.1) is 5.82 Å². The number of esters is 1. The SMILES string of the molecule is CCCCCCCOC(=O)C1=C(C)Nc2ncnn2C1c1ccccc1F. The molecule has 144 valence electrons. The van der Waals surface area contributed by atoms with Crippen LogP contribution in [0.15, 0.2) is 41.9 Å². The minimum Gasteiger partial charge on any atom is -0.462 e. The Morgan fingerprint density at radius 1 is 1.26 bits per heavy atom. The van der Waals surface area contributed by atoms with E-state index in [1.54, 1.807) is 25.1 Å². The summed E-state index contributed by atoms with van der Waals surface area (Å²) in [5.74, 6) is -0.384. The molecule has 7 heteroatoms. The van der Waals surface area contributed by atoms with Crippen molar-refractivity contribution in [2.24, 2.45) is 0 Å². The van der Waals surface area contributed by atoms with E-state index in [9.17, 15) is 9.18 Å². The topological polar surface area (TPSA) is 69.0 Å². The molecular weight excluding hydrogens is 347 g/mol. The summed E-state index contributed by atoms with van der Waals surface area (Å²) >= 11 is 0. The highest BCUT2D eigenvalue weighted by Crippen LogP contribution is 2.36. The molecule has 1 unspecified atom stereocenters. The van der Waals surface area contributed by atoms with Crippen molar-refractivity contribution in [2.45, 2.75) is 52.0 Å². The lowest BCUT2D eigenvalue weighted by Gasteiger charge is -2.28. The number of aromatic nitrogens is 3. The van der Waals surface area contributed by atoms with E-state index in [0.717, 1.165) is 19.3 Å². The quantitative estimate of drug-likeness (QED) is 0.555. The van der Waals surface area contributed by atoms with E-state index in [4.69, 9.17) is 4.74 Å². The molecule has 0 aliphatic carbocycles. The van der Waals surface area contributed by atoms with Gasteiger partial charge in [-0.05, 0) is 19.4 Å². The van der Waals surface area contributed by atoms with E-state index >= 15 is 0 Å². The number of fused-ring (bicyclic) bond motifs is 1. The Morgan fingerprint density at radius 3 is 2.81 bits per heavy atom. The summed E-state index contributed by atoms with van der Waals surface area (Å²) in [6.45, 7) is 4.28. The lowest BCUT2D eigenvalue weighted by atomic mass is 9.95. The fourth-order valence-corrected chi connectivity index (χ4v) is 3.29. The third kappa shape index (κ3) is 4.18. The van der Waals surface area contributed by atoms with Gasteiger partial charge in [-0.3, -0.25) is 0 Å². The Hall–Kier alpha value is -2.70. The molecule has 1 aliphatic rings. The maximum absolute atomic E-state index is 14.5. The lowest BCUT2D eigenvalue weighted by molar-refractivity contribution is -0.139. The summed E-state index contributed by atoms with van der Waals surface area (Å²) in [4.78, 5) is 17.0. The summed E-state index contributed by atoms with van der Waals surface area (Å²) in [6, 6.07) is 5.68. The smallest absolute Gasteiger partial charge is 0.338 e. The molecule has 1 N–H and O–H groups in total. The van der Waals surface area contributed by atoms with Gasteiger partial charge in [0.2, 0.25) is 5.95 Å². The van der Waals surface area contributed by atoms with Crippen molar-refractivity contribution in [3.05, 3.63) is 53.2 Å². The molecule has 1 aromatic heterocycles. The molecule has 27 heavy (non-hydrogen) atoms. The van der Waals surface area contributed by atoms with Gasteiger partial charge in [0, 0.05) is 11.3 Å². The maximum Gasteiger partial charge on any atom is 0.338 e. The first-order valence-electron chi connectivity index (χ1n) is 9.42. The largest absolute Gasteiger partial charge is 0.462 e. The van der Waals surface area contributed by atoms with Crippen LogP contribution in [0.5, 0.6) is 0 Å². The molecule has 1 atom stereocenters. The first-order valence-corrected chi connectivity index (χ1v) is 9.42. The van der Waals surface area contributed by atoms with Crippen molar-refractivity contribution in [3.63, 3.8) is 0 Å². The monoisotopic (exact) mass is 372 g/mol. The van der Waals surface area contributed by atoms with Crippen LogP contribution in [0.2, 0.25) is 0 Å². The molecule has 0 saturated heterocycles. The van der Waals surface area contributed by atoms with Gasteiger partial charge in [-0.15, -0.1) is 0 Å². The van der Waals surface area contributed by atoms with Crippen molar-refractivity contribution in [3.8, 4) is 0 Å². The van der Waals surface area contributed by atoms with Crippen molar-refractivity contribution in [2.75, 3.05) is 11.9 Å². The molecule has 0 spiro atoms. The fourth-order valence-electron chi connectivity index (χ4n) is 3.29. The number of halogens is 1. The number of ether oxygens (including phenoxy) is 1. The van der Waals surface area contributed by atoms with Crippen LogP contribution in [0.4, 0.5) is 10.3 Å². The number of benzene rings is 1. The zero-order chi connectivity index (χ0) is 19.2. The number of nitrogens with zero attached hydrogens (tertiary/aromatic N) is 3. The number of allylic oxidation sites excluding steroid dienone is 1. The summed E-state index contributed by atoms with van der Waals surface area (Å²) < 4.78 is 21.5. The summed E-state index contributed by atoms with van der Waals surface area (Å²) in [6.07, 6.45) is 6.73. The first kappa shape index (κ1) is 19.1. The average Bonchev–Trinajstić information content (AvgIpc) is 3.12. The highest BCUT2D eigenvalue weighted by atomic mass is 19.1. The fraction of sp³-hybridized carbons (Fsp3) is 0.450. The van der Waals surface area contributed by atoms with E-state index in [-0.39, 0.29) is 0 Å². The number of carbonyl (C=O) groups is 1. The highest BCUT2D eigenvalue weighted by molar-refractivity contribution is 5.92. The van der Waals surface area contributed by atoms with Crippen molar-refractivity contribution in [1.82, 2.24) is 14.8 Å². The van der Waals surface area contributed by atoms with Crippen LogP contribution in [-0.4, -0.2) is 27.3 Å². The Labute approximate surface area is 158 Å². The van der Waals surface area contributed by atoms with Crippen LogP contribution >= 0.6 is 0 Å². The second-order valence-corrected chi connectivity index (χ2v) is 6.67. The number of hydrogen-bond acceptors (Lipinski definition) is 5. The summed E-state index contributed by atoms with van der Waals surface area (Å²) in [5, 5.41) is 7.24. The van der Waals surface area contributed by atoms with Crippen LogP contribution < -0.4 is 5.32 Å². The van der Waals surface area contributed by atoms with Crippen LogP contribution in [0.25, 0.3) is 0 Å². The van der Waals surface area contributed by atoms with E-state index < -0.39 is 17.8 Å². The molecule has 1 aromatic carbocycles. The molecule has 0 bridgehead atoms. The number of unbranched alkanes of at least 4 members (excludes halogenated alkanes) is 4. The molecular formula is C20H25FN4O2. The average molecular weight is 372 g/mol. The highest BCUT2D eigenvalue weighted by Gasteiger charge is 2.35. The third-order valence-electron chi connectivity index (χ3n) is 4.70. The first-order chi connectivity index (χ1) is 13.1. The molecule has 0 radical (unpaired) electrons. The van der Waals surface area contributed by atoms with Gasteiger partial charge >= 0.3 is 5.97 Å². The number of anilines is 1. The Bertz CT molecular complexity index is 831. The number of nitrogens with one attached hydrogen (secondary N) is 1. The number of rotatable bonds is 8. The van der Waals surface area contributed by atoms with Crippen molar-refractivity contribution < 1.29 is 13.9 Å². The van der Waals surface area contributed by atoms with Gasteiger partial charge in [0.25, 0.3) is 0 Å². The third-order valence-corrected chi connectivity index (χ3v) is 4.70. The molecule has 3 rings (SSSR count). The number of carbonyl (C=O) groups excluding carboxylic acids is 1. The standard InChI is InChI=1S/C20H25FN4O2/c1-3-4-5-6-9-12-27-19(26)17-14(2)24-20-22-13-23-25(20)18(17)15-10-7-8-11-16(15)21/h7-8,10-11,13,18H,3-6,9,12H2,1-2H3,(H,22,23,24). The molecule has 6 nitrogen and oxygen atoms in total. The maximum atomic E-state index is 14.5. The summed E-state index contributed by atoms with van der Waals surface area (Å²) in [5.41, 5.74) is 1.31. The predicted molar refractivity (Wildman–Crippen MR) is 101 cm³/mol. The minimum absolute atomic E-state index is 0.353. The van der Waals surface area contributed by atoms with Gasteiger partial charge in [0.1, 0.15) is 18.2 Å². The number of hydrogen-bond donors (Lipinski definition) is 1. The predicted octanol–water partition coefficient (Wildman–Crippen LogP) is 4.22. The van der Waals surface area contributed by atoms with Crippen LogP contribution in [-0.2, 0) is 9.53 Å². The van der Waals surface area contributed by atoms with Gasteiger partial charge < -0.3 is 10.1 Å². The van der Waals surface area contributed by atoms with Gasteiger partial charge in [-0.2, -0.15) is 10.1 Å². The van der Waals surface area contributed by atoms with E-state index in [2.05, 4.69) is 22.3 Å². The second kappa shape index (κ2) is 8.79. The van der Waals surface area contributed by atoms with E-state index in [1.807, 2.05) is 0 Å². The molecule has 0 amide bonds. The Morgan fingerprint density at radius 2 is 2.04 bits per heavy atom. The molecule has 2 heterocycles. The van der Waals surface area contributed by atoms with Gasteiger partial charge in [0.05, 0.1) is 12.2 Å². The lowest BCUT2D eigenvalue weighted by Crippen LogP contribution is -2.30. The molecule has 1 aliphatic heterocycles. The summed E-state index contributed by atoms with van der Waals surface area (Å²) in [7, 11) is 0. The van der Waals surface area contributed by atoms with Crippen molar-refractivity contribution >= 4 is 11.9 Å². The second-order valence-electron chi connectivity index (χ2n) is 6.67. The minimum atomic E-state index is -0.711. The molecule has 0 saturated carbocycles. The van der Waals surface area contributed by atoms with Gasteiger partial charge in [-0.25, -0.2) is 13.9 Å². The zero-order valence-corrected chi connectivity index (χ0v) is 15.7. The van der Waals surface area contributed by atoms with Crippen molar-refractivity contribution in [1.29, 1.82) is 0 Å². The van der Waals surface area contributed by atoms with Crippen LogP contribution in [0.3, 0.4) is 0 Å². The molecule has 0 fully saturated rings. The van der Waals surface area contributed by atoms with E-state index in [0.29, 0.717) is 29.4 Å². The Balaban J connectivity index is 1.81.